The summed E-state index contributed by atoms with van der Waals surface area (Å²) in [5.74, 6) is 0.678. The fourth-order valence-corrected chi connectivity index (χ4v) is 7.40. The third kappa shape index (κ3) is 2.95. The van der Waals surface area contributed by atoms with Crippen molar-refractivity contribution in [2.75, 3.05) is 18.0 Å². The molecule has 1 aliphatic carbocycles. The number of nitrogens with zero attached hydrogens (tertiary/aromatic N) is 1. The average molecular weight is 629 g/mol. The molecule has 7 heteroatoms. The lowest BCUT2D eigenvalue weighted by molar-refractivity contribution is -0.126. The molecule has 156 valence electrons. The van der Waals surface area contributed by atoms with E-state index < -0.39 is 12.1 Å². The molecule has 0 radical (unpaired) electrons. The Kier molecular flexibility index (Phi) is 5.34. The van der Waals surface area contributed by atoms with Crippen molar-refractivity contribution in [3.63, 3.8) is 0 Å². The highest BCUT2D eigenvalue weighted by Crippen LogP contribution is 2.60. The van der Waals surface area contributed by atoms with E-state index in [0.29, 0.717) is 27.5 Å². The van der Waals surface area contributed by atoms with Gasteiger partial charge in [0.05, 0.1) is 15.4 Å². The standard InChI is InChI=1S/C23H21I2NO4/c1-26-10-9-23-18-14(11-15(26)20(23)25)7-8-17(19(18)30-21(23)16(27)12-24)29-22(28)13-5-3-2-4-6-13/h2-8,15,20-21H,9-12H2,1H3/t15-,20+,21+,23-/m1/s1. The smallest absolute Gasteiger partial charge is 0.343 e. The van der Waals surface area contributed by atoms with E-state index in [1.807, 2.05) is 24.3 Å². The molecule has 1 saturated heterocycles. The van der Waals surface area contributed by atoms with E-state index in [4.69, 9.17) is 9.47 Å². The second-order valence-electron chi connectivity index (χ2n) is 8.22. The van der Waals surface area contributed by atoms with Crippen molar-refractivity contribution in [2.45, 2.75) is 34.3 Å². The predicted molar refractivity (Wildman–Crippen MR) is 130 cm³/mol. The summed E-state index contributed by atoms with van der Waals surface area (Å²) < 4.78 is 12.8. The van der Waals surface area contributed by atoms with Crippen LogP contribution < -0.4 is 9.47 Å². The van der Waals surface area contributed by atoms with Crippen molar-refractivity contribution < 1.29 is 19.1 Å². The van der Waals surface area contributed by atoms with Crippen LogP contribution in [0.4, 0.5) is 0 Å². The lowest BCUT2D eigenvalue weighted by Gasteiger charge is -2.52. The Hall–Kier alpha value is -1.20. The number of halogens is 2. The second kappa shape index (κ2) is 7.74. The number of ether oxygens (including phenoxy) is 2. The first kappa shape index (κ1) is 20.7. The number of hydrogen-bond acceptors (Lipinski definition) is 5. The van der Waals surface area contributed by atoms with Crippen molar-refractivity contribution in [3.05, 3.63) is 59.2 Å². The van der Waals surface area contributed by atoms with Crippen LogP contribution >= 0.6 is 45.2 Å². The van der Waals surface area contributed by atoms with E-state index in [1.165, 1.54) is 5.56 Å². The first-order valence-corrected chi connectivity index (χ1v) is 12.8. The Balaban J connectivity index is 1.62. The molecule has 3 aliphatic rings. The molecule has 2 aliphatic heterocycles. The molecule has 2 aromatic rings. The first-order valence-electron chi connectivity index (χ1n) is 10.0. The molecule has 2 heterocycles. The van der Waals surface area contributed by atoms with Gasteiger partial charge in [-0.3, -0.25) is 4.79 Å². The number of carbonyl (C=O) groups is 2. The zero-order valence-corrected chi connectivity index (χ0v) is 20.8. The number of alkyl halides is 2. The number of fused-ring (bicyclic) bond motifs is 1. The number of Topliss-reactive ketones (excluding diaryl/α,β-unsaturated/α-hetero) is 1. The SMILES string of the molecule is CN1CC[C@]23c4c(ccc(OC(=O)c5ccccc5)c4O[C@H]2C(=O)CI)C[C@@H]1[C@@H]3I. The van der Waals surface area contributed by atoms with Gasteiger partial charge in [0.25, 0.3) is 0 Å². The molecule has 0 unspecified atom stereocenters. The third-order valence-electron chi connectivity index (χ3n) is 6.72. The fraction of sp³-hybridized carbons (Fsp3) is 0.391. The number of ketones is 1. The van der Waals surface area contributed by atoms with Crippen molar-refractivity contribution >= 4 is 56.9 Å². The fourth-order valence-electron chi connectivity index (χ4n) is 5.25. The Morgan fingerprint density at radius 2 is 2.00 bits per heavy atom. The van der Waals surface area contributed by atoms with Gasteiger partial charge in [0, 0.05) is 15.5 Å². The molecule has 30 heavy (non-hydrogen) atoms. The largest absolute Gasteiger partial charge is 0.477 e. The van der Waals surface area contributed by atoms with Gasteiger partial charge in [-0.05, 0) is 50.2 Å². The number of benzene rings is 2. The lowest BCUT2D eigenvalue weighted by Crippen LogP contribution is -2.64. The van der Waals surface area contributed by atoms with Gasteiger partial charge in [0.1, 0.15) is 0 Å². The van der Waals surface area contributed by atoms with Crippen LogP contribution in [0.25, 0.3) is 0 Å². The summed E-state index contributed by atoms with van der Waals surface area (Å²) in [5.41, 5.74) is 2.42. The van der Waals surface area contributed by atoms with Gasteiger partial charge in [0.2, 0.25) is 0 Å². The van der Waals surface area contributed by atoms with Crippen molar-refractivity contribution in [2.24, 2.45) is 0 Å². The quantitative estimate of drug-likeness (QED) is 0.222. The molecule has 2 aromatic carbocycles. The zero-order chi connectivity index (χ0) is 21.0. The summed E-state index contributed by atoms with van der Waals surface area (Å²) in [6, 6.07) is 13.2. The van der Waals surface area contributed by atoms with Gasteiger partial charge < -0.3 is 14.4 Å². The second-order valence-corrected chi connectivity index (χ2v) is 10.3. The summed E-state index contributed by atoms with van der Waals surface area (Å²) >= 11 is 4.64. The highest BCUT2D eigenvalue weighted by atomic mass is 127. The van der Waals surface area contributed by atoms with Gasteiger partial charge in [0.15, 0.2) is 23.4 Å². The minimum Gasteiger partial charge on any atom is -0.477 e. The first-order chi connectivity index (χ1) is 14.5. The molecule has 1 spiro atoms. The summed E-state index contributed by atoms with van der Waals surface area (Å²) in [6.45, 7) is 0.922. The molecular formula is C23H21I2NO4. The normalized spacial score (nSPS) is 29.1. The highest BCUT2D eigenvalue weighted by molar-refractivity contribution is 14.1. The predicted octanol–water partition coefficient (Wildman–Crippen LogP) is 3.97. The molecule has 0 saturated carbocycles. The van der Waals surface area contributed by atoms with E-state index >= 15 is 0 Å². The molecule has 5 rings (SSSR count). The summed E-state index contributed by atoms with van der Waals surface area (Å²) in [4.78, 5) is 28.1. The molecule has 2 bridgehead atoms. The maximum absolute atomic E-state index is 13.0. The molecule has 4 atom stereocenters. The number of hydrogen-bond donors (Lipinski definition) is 0. The minimum atomic E-state index is -0.530. The molecule has 1 fully saturated rings. The highest BCUT2D eigenvalue weighted by Gasteiger charge is 2.63. The Bertz CT molecular complexity index is 1030. The van der Waals surface area contributed by atoms with Crippen LogP contribution in [-0.2, 0) is 16.6 Å². The number of esters is 1. The number of likely N-dealkylation sites (tertiary alicyclic amines) is 1. The Morgan fingerprint density at radius 3 is 2.73 bits per heavy atom. The maximum atomic E-state index is 13.0. The number of piperidine rings is 1. The summed E-state index contributed by atoms with van der Waals surface area (Å²) in [6.07, 6.45) is 1.24. The van der Waals surface area contributed by atoms with Crippen LogP contribution in [-0.4, -0.2) is 50.7 Å². The van der Waals surface area contributed by atoms with E-state index in [9.17, 15) is 9.59 Å². The van der Waals surface area contributed by atoms with Crippen molar-refractivity contribution in [1.82, 2.24) is 4.90 Å². The topological polar surface area (TPSA) is 55.8 Å². The molecule has 0 amide bonds. The van der Waals surface area contributed by atoms with Gasteiger partial charge in [-0.2, -0.15) is 0 Å². The molecule has 0 N–H and O–H groups in total. The van der Waals surface area contributed by atoms with Crippen LogP contribution in [0, 0.1) is 0 Å². The van der Waals surface area contributed by atoms with Crippen LogP contribution in [0.2, 0.25) is 0 Å². The van der Waals surface area contributed by atoms with E-state index in [-0.39, 0.29) is 15.1 Å². The summed E-state index contributed by atoms with van der Waals surface area (Å²) in [7, 11) is 2.16. The number of likely N-dealkylation sites (N-methyl/N-ethyl adjacent to an activating group) is 1. The van der Waals surface area contributed by atoms with Crippen LogP contribution in [0.5, 0.6) is 11.5 Å². The van der Waals surface area contributed by atoms with Crippen LogP contribution in [0.3, 0.4) is 0 Å². The van der Waals surface area contributed by atoms with Gasteiger partial charge in [-0.1, -0.05) is 69.4 Å². The minimum absolute atomic E-state index is 0.102. The Labute approximate surface area is 202 Å². The molecule has 5 nitrogen and oxygen atoms in total. The van der Waals surface area contributed by atoms with Gasteiger partial charge >= 0.3 is 5.97 Å². The van der Waals surface area contributed by atoms with Gasteiger partial charge in [-0.25, -0.2) is 4.79 Å². The zero-order valence-electron chi connectivity index (χ0n) is 16.4. The van der Waals surface area contributed by atoms with E-state index in [2.05, 4.69) is 63.2 Å². The van der Waals surface area contributed by atoms with E-state index in [0.717, 1.165) is 24.9 Å². The number of rotatable bonds is 4. The van der Waals surface area contributed by atoms with Crippen molar-refractivity contribution in [1.29, 1.82) is 0 Å². The lowest BCUT2D eigenvalue weighted by atomic mass is 9.61. The van der Waals surface area contributed by atoms with Crippen LogP contribution in [0.1, 0.15) is 27.9 Å². The van der Waals surface area contributed by atoms with E-state index in [1.54, 1.807) is 12.1 Å². The maximum Gasteiger partial charge on any atom is 0.343 e. The summed E-state index contributed by atoms with van der Waals surface area (Å²) in [5, 5.41) is 0. The third-order valence-corrected chi connectivity index (χ3v) is 9.41. The Morgan fingerprint density at radius 1 is 1.23 bits per heavy atom. The van der Waals surface area contributed by atoms with Crippen LogP contribution in [0.15, 0.2) is 42.5 Å². The van der Waals surface area contributed by atoms with Gasteiger partial charge in [-0.15, -0.1) is 0 Å². The molecule has 0 aromatic heterocycles. The molecular weight excluding hydrogens is 608 g/mol. The van der Waals surface area contributed by atoms with Crippen molar-refractivity contribution in [3.8, 4) is 11.5 Å². The monoisotopic (exact) mass is 629 g/mol. The number of carbonyl (C=O) groups excluding carboxylic acids is 2. The average Bonchev–Trinajstić information content (AvgIpc) is 3.11.